The van der Waals surface area contributed by atoms with Crippen LogP contribution < -0.4 is 0 Å². The van der Waals surface area contributed by atoms with Crippen molar-refractivity contribution in [2.75, 3.05) is 0 Å². The highest BCUT2D eigenvalue weighted by atomic mass is 35.5. The number of hydrogen-bond acceptors (Lipinski definition) is 5. The Morgan fingerprint density at radius 1 is 1.30 bits per heavy atom. The van der Waals surface area contributed by atoms with Crippen molar-refractivity contribution in [3.63, 3.8) is 0 Å². The zero-order valence-corrected chi connectivity index (χ0v) is 12.2. The first-order valence-electron chi connectivity index (χ1n) is 5.93. The molecule has 1 aromatic carbocycles. The summed E-state index contributed by atoms with van der Waals surface area (Å²) in [5, 5.41) is 20.9. The Kier molecular flexibility index (Phi) is 3.52. The number of aryl methyl sites for hydroxylation is 1. The largest absolute Gasteiger partial charge is 0.390 e. The van der Waals surface area contributed by atoms with Crippen molar-refractivity contribution in [1.82, 2.24) is 20.0 Å². The summed E-state index contributed by atoms with van der Waals surface area (Å²) in [5.41, 5.74) is 3.06. The van der Waals surface area contributed by atoms with Gasteiger partial charge in [0.2, 0.25) is 5.13 Å². The van der Waals surface area contributed by atoms with E-state index in [9.17, 15) is 5.11 Å². The molecule has 0 spiro atoms. The van der Waals surface area contributed by atoms with E-state index in [1.54, 1.807) is 16.8 Å². The van der Waals surface area contributed by atoms with Crippen molar-refractivity contribution in [2.24, 2.45) is 0 Å². The summed E-state index contributed by atoms with van der Waals surface area (Å²) in [6, 6.07) is 7.33. The third-order valence-electron chi connectivity index (χ3n) is 2.80. The minimum Gasteiger partial charge on any atom is -0.390 e. The monoisotopic (exact) mass is 306 g/mol. The second-order valence-corrected chi connectivity index (χ2v) is 5.51. The van der Waals surface area contributed by atoms with E-state index >= 15 is 0 Å². The molecule has 0 aliphatic heterocycles. The van der Waals surface area contributed by atoms with Crippen LogP contribution in [0, 0.1) is 6.92 Å². The Labute approximate surface area is 124 Å². The van der Waals surface area contributed by atoms with Crippen LogP contribution in [0.2, 0.25) is 5.02 Å². The Bertz CT molecular complexity index is 735. The molecule has 0 unspecified atom stereocenters. The maximum atomic E-state index is 9.44. The van der Waals surface area contributed by atoms with Gasteiger partial charge >= 0.3 is 0 Å². The van der Waals surface area contributed by atoms with E-state index in [1.807, 2.05) is 24.4 Å². The summed E-state index contributed by atoms with van der Waals surface area (Å²) < 4.78 is 1.65. The van der Waals surface area contributed by atoms with Crippen molar-refractivity contribution < 1.29 is 5.11 Å². The zero-order chi connectivity index (χ0) is 14.1. The SMILES string of the molecule is Cc1csc(-n2nnc(CO)c2-c2ccc(Cl)cc2)n1. The van der Waals surface area contributed by atoms with Crippen LogP contribution in [0.25, 0.3) is 16.4 Å². The number of hydrogen-bond donors (Lipinski definition) is 1. The lowest BCUT2D eigenvalue weighted by Gasteiger charge is -2.05. The Morgan fingerprint density at radius 2 is 2.05 bits per heavy atom. The molecular weight excluding hydrogens is 296 g/mol. The van der Waals surface area contributed by atoms with E-state index in [2.05, 4.69) is 15.3 Å². The highest BCUT2D eigenvalue weighted by Crippen LogP contribution is 2.27. The molecule has 0 atom stereocenters. The molecular formula is C13H11ClN4OS. The number of aliphatic hydroxyl groups is 1. The van der Waals surface area contributed by atoms with Gasteiger partial charge in [-0.3, -0.25) is 0 Å². The van der Waals surface area contributed by atoms with Crippen molar-refractivity contribution in [1.29, 1.82) is 0 Å². The molecule has 3 aromatic rings. The fourth-order valence-corrected chi connectivity index (χ4v) is 2.77. The normalized spacial score (nSPS) is 10.9. The minimum atomic E-state index is -0.178. The quantitative estimate of drug-likeness (QED) is 0.808. The first kappa shape index (κ1) is 13.2. The molecule has 7 heteroatoms. The van der Waals surface area contributed by atoms with E-state index in [-0.39, 0.29) is 6.61 Å². The van der Waals surface area contributed by atoms with Crippen molar-refractivity contribution in [3.8, 4) is 16.4 Å². The van der Waals surface area contributed by atoms with Gasteiger partial charge in [0.05, 0.1) is 12.3 Å². The third kappa shape index (κ3) is 2.33. The molecule has 20 heavy (non-hydrogen) atoms. The van der Waals surface area contributed by atoms with Crippen LogP contribution >= 0.6 is 22.9 Å². The molecule has 0 aliphatic carbocycles. The Balaban J connectivity index is 2.17. The highest BCUT2D eigenvalue weighted by molar-refractivity contribution is 7.12. The van der Waals surface area contributed by atoms with Crippen LogP contribution in [0.3, 0.4) is 0 Å². The predicted octanol–water partition coefficient (Wildman–Crippen LogP) is 2.84. The smallest absolute Gasteiger partial charge is 0.212 e. The number of aromatic nitrogens is 4. The first-order chi connectivity index (χ1) is 9.69. The molecule has 0 radical (unpaired) electrons. The van der Waals surface area contributed by atoms with E-state index < -0.39 is 0 Å². The fraction of sp³-hybridized carbons (Fsp3) is 0.154. The molecule has 1 N–H and O–H groups in total. The summed E-state index contributed by atoms with van der Waals surface area (Å²) in [6.45, 7) is 1.74. The average molecular weight is 307 g/mol. The van der Waals surface area contributed by atoms with Crippen LogP contribution in [-0.2, 0) is 6.61 Å². The van der Waals surface area contributed by atoms with Crippen molar-refractivity contribution in [2.45, 2.75) is 13.5 Å². The summed E-state index contributed by atoms with van der Waals surface area (Å²) in [7, 11) is 0. The summed E-state index contributed by atoms with van der Waals surface area (Å²) in [6.07, 6.45) is 0. The number of rotatable bonds is 3. The summed E-state index contributed by atoms with van der Waals surface area (Å²) in [5.74, 6) is 0. The number of benzene rings is 1. The number of halogens is 1. The molecule has 0 bridgehead atoms. The van der Waals surface area contributed by atoms with Gasteiger partial charge < -0.3 is 5.11 Å². The molecule has 0 saturated carbocycles. The fourth-order valence-electron chi connectivity index (χ4n) is 1.89. The molecule has 0 amide bonds. The summed E-state index contributed by atoms with van der Waals surface area (Å²) in [4.78, 5) is 4.40. The van der Waals surface area contributed by atoms with Gasteiger partial charge in [-0.25, -0.2) is 4.98 Å². The molecule has 0 aliphatic rings. The van der Waals surface area contributed by atoms with Gasteiger partial charge in [-0.2, -0.15) is 4.68 Å². The summed E-state index contributed by atoms with van der Waals surface area (Å²) >= 11 is 7.39. The number of nitrogens with zero attached hydrogens (tertiary/aromatic N) is 4. The Morgan fingerprint density at radius 3 is 2.65 bits per heavy atom. The van der Waals surface area contributed by atoms with E-state index in [4.69, 9.17) is 11.6 Å². The topological polar surface area (TPSA) is 63.8 Å². The van der Waals surface area contributed by atoms with Crippen molar-refractivity contribution >= 4 is 22.9 Å². The van der Waals surface area contributed by atoms with E-state index in [1.165, 1.54) is 11.3 Å². The number of thiazole rings is 1. The molecule has 102 valence electrons. The van der Waals surface area contributed by atoms with Gasteiger partial charge in [0.1, 0.15) is 11.4 Å². The second kappa shape index (κ2) is 5.32. The average Bonchev–Trinajstić information content (AvgIpc) is 3.05. The second-order valence-electron chi connectivity index (χ2n) is 4.23. The lowest BCUT2D eigenvalue weighted by atomic mass is 10.1. The molecule has 5 nitrogen and oxygen atoms in total. The molecule has 2 aromatic heterocycles. The van der Waals surface area contributed by atoms with Gasteiger partial charge in [-0.15, -0.1) is 16.4 Å². The lowest BCUT2D eigenvalue weighted by molar-refractivity contribution is 0.277. The van der Waals surface area contributed by atoms with Gasteiger partial charge in [-0.05, 0) is 19.1 Å². The number of aliphatic hydroxyl groups excluding tert-OH is 1. The predicted molar refractivity (Wildman–Crippen MR) is 78.1 cm³/mol. The van der Waals surface area contributed by atoms with Crippen LogP contribution in [0.5, 0.6) is 0 Å². The van der Waals surface area contributed by atoms with Gasteiger partial charge in [0, 0.05) is 16.0 Å². The minimum absolute atomic E-state index is 0.178. The van der Waals surface area contributed by atoms with Crippen LogP contribution in [0.15, 0.2) is 29.6 Å². The van der Waals surface area contributed by atoms with Crippen LogP contribution in [-0.4, -0.2) is 25.1 Å². The van der Waals surface area contributed by atoms with Crippen molar-refractivity contribution in [3.05, 3.63) is 46.1 Å². The molecule has 0 saturated heterocycles. The zero-order valence-electron chi connectivity index (χ0n) is 10.6. The maximum Gasteiger partial charge on any atom is 0.212 e. The van der Waals surface area contributed by atoms with Crippen LogP contribution in [0.1, 0.15) is 11.4 Å². The highest BCUT2D eigenvalue weighted by Gasteiger charge is 2.17. The third-order valence-corrected chi connectivity index (χ3v) is 3.98. The molecule has 3 rings (SSSR count). The lowest BCUT2D eigenvalue weighted by Crippen LogP contribution is -2.00. The first-order valence-corrected chi connectivity index (χ1v) is 7.18. The van der Waals surface area contributed by atoms with E-state index in [0.717, 1.165) is 22.1 Å². The molecule has 0 fully saturated rings. The van der Waals surface area contributed by atoms with E-state index in [0.29, 0.717) is 10.7 Å². The maximum absolute atomic E-state index is 9.44. The van der Waals surface area contributed by atoms with Crippen LogP contribution in [0.4, 0.5) is 0 Å². The molecule has 2 heterocycles. The standard InChI is InChI=1S/C13H11ClN4OS/c1-8-7-20-13(15-8)18-12(11(6-19)16-17-18)9-2-4-10(14)5-3-9/h2-5,7,19H,6H2,1H3. The van der Waals surface area contributed by atoms with Gasteiger partial charge in [0.25, 0.3) is 0 Å². The Hall–Kier alpha value is -1.76. The van der Waals surface area contributed by atoms with Gasteiger partial charge in [0.15, 0.2) is 0 Å². The van der Waals surface area contributed by atoms with Gasteiger partial charge in [-0.1, -0.05) is 28.9 Å².